The first-order chi connectivity index (χ1) is 12.9. The van der Waals surface area contributed by atoms with Crippen molar-refractivity contribution in [2.75, 3.05) is 19.6 Å². The Balaban J connectivity index is 1.35. The second-order valence-electron chi connectivity index (χ2n) is 8.37. The van der Waals surface area contributed by atoms with Crippen molar-refractivity contribution in [2.45, 2.75) is 76.3 Å². The third kappa shape index (κ3) is 4.00. The average Bonchev–Trinajstić information content (AvgIpc) is 2.61. The van der Waals surface area contributed by atoms with Gasteiger partial charge in [-0.1, -0.05) is 12.5 Å². The molecule has 0 aromatic carbocycles. The minimum Gasteiger partial charge on any atom is -0.474 e. The number of fused-ring (bicyclic) bond motifs is 1. The predicted molar refractivity (Wildman–Crippen MR) is 105 cm³/mol. The van der Waals surface area contributed by atoms with Crippen LogP contribution in [0.15, 0.2) is 12.1 Å². The van der Waals surface area contributed by atoms with Gasteiger partial charge in [0.05, 0.1) is 10.9 Å². The monoisotopic (exact) mass is 393 g/mol. The molecule has 0 unspecified atom stereocenters. The first-order valence-corrected chi connectivity index (χ1v) is 11.8. The number of rotatable bonds is 5. The fraction of sp³-hybridized carbons (Fsp3) is 0.750. The van der Waals surface area contributed by atoms with Crippen molar-refractivity contribution in [3.05, 3.63) is 23.4 Å². The van der Waals surface area contributed by atoms with E-state index in [-0.39, 0.29) is 11.4 Å². The molecule has 6 nitrogen and oxygen atoms in total. The fourth-order valence-electron chi connectivity index (χ4n) is 4.23. The molecule has 2 fully saturated rings. The molecule has 2 aliphatic heterocycles. The van der Waals surface area contributed by atoms with E-state index in [1.54, 1.807) is 18.2 Å². The van der Waals surface area contributed by atoms with Gasteiger partial charge in [0.1, 0.15) is 6.10 Å². The maximum Gasteiger partial charge on any atom is 0.216 e. The fourth-order valence-corrected chi connectivity index (χ4v) is 5.49. The molecule has 3 aliphatic rings. The first-order valence-electron chi connectivity index (χ1n) is 10.3. The molecular formula is C20H31N3O3S. The molecule has 1 aromatic heterocycles. The van der Waals surface area contributed by atoms with Crippen LogP contribution in [0.25, 0.3) is 0 Å². The van der Waals surface area contributed by atoms with Gasteiger partial charge in [0.25, 0.3) is 0 Å². The van der Waals surface area contributed by atoms with Crippen LogP contribution in [0.2, 0.25) is 0 Å². The van der Waals surface area contributed by atoms with Crippen molar-refractivity contribution in [1.82, 2.24) is 14.2 Å². The molecule has 0 radical (unpaired) electrons. The van der Waals surface area contributed by atoms with Crippen LogP contribution in [-0.4, -0.2) is 59.6 Å². The summed E-state index contributed by atoms with van der Waals surface area (Å²) in [5.74, 6) is 0.691. The molecule has 7 heteroatoms. The summed E-state index contributed by atoms with van der Waals surface area (Å²) in [5, 5.41) is -0.389. The zero-order valence-electron chi connectivity index (χ0n) is 16.4. The largest absolute Gasteiger partial charge is 0.474 e. The van der Waals surface area contributed by atoms with Crippen LogP contribution in [0.3, 0.4) is 0 Å². The molecule has 0 atom stereocenters. The summed E-state index contributed by atoms with van der Waals surface area (Å²) < 4.78 is 32.5. The van der Waals surface area contributed by atoms with Crippen LogP contribution in [0, 0.1) is 0 Å². The van der Waals surface area contributed by atoms with Gasteiger partial charge < -0.3 is 9.64 Å². The molecule has 0 N–H and O–H groups in total. The Hall–Kier alpha value is -1.18. The van der Waals surface area contributed by atoms with Crippen LogP contribution in [0.1, 0.15) is 57.2 Å². The average molecular weight is 394 g/mol. The molecule has 27 heavy (non-hydrogen) atoms. The predicted octanol–water partition coefficient (Wildman–Crippen LogP) is 2.57. The number of ether oxygens (including phenoxy) is 1. The number of pyridine rings is 1. The summed E-state index contributed by atoms with van der Waals surface area (Å²) in [5.41, 5.74) is 1.98. The Labute approximate surface area is 163 Å². The lowest BCUT2D eigenvalue weighted by atomic mass is 9.90. The minimum atomic E-state index is -3.22. The van der Waals surface area contributed by atoms with E-state index in [1.807, 2.05) is 12.1 Å². The summed E-state index contributed by atoms with van der Waals surface area (Å²) >= 11 is 0. The number of hydrogen-bond donors (Lipinski definition) is 0. The second-order valence-corrected chi connectivity index (χ2v) is 10.9. The topological polar surface area (TPSA) is 62.7 Å². The lowest BCUT2D eigenvalue weighted by Gasteiger charge is -2.41. The summed E-state index contributed by atoms with van der Waals surface area (Å²) in [7, 11) is -3.22. The Bertz CT molecular complexity index is 769. The lowest BCUT2D eigenvalue weighted by molar-refractivity contribution is 0.0474. The number of likely N-dealkylation sites (tertiary alicyclic amines) is 1. The van der Waals surface area contributed by atoms with E-state index in [4.69, 9.17) is 9.72 Å². The van der Waals surface area contributed by atoms with Crippen molar-refractivity contribution >= 4 is 10.0 Å². The van der Waals surface area contributed by atoms with Crippen LogP contribution >= 0.6 is 0 Å². The van der Waals surface area contributed by atoms with Gasteiger partial charge in [0, 0.05) is 44.7 Å². The molecular weight excluding hydrogens is 362 g/mol. The first kappa shape index (κ1) is 19.2. The van der Waals surface area contributed by atoms with E-state index >= 15 is 0 Å². The Morgan fingerprint density at radius 1 is 1.11 bits per heavy atom. The van der Waals surface area contributed by atoms with Gasteiger partial charge in [0.2, 0.25) is 15.9 Å². The highest BCUT2D eigenvalue weighted by Gasteiger charge is 2.31. The highest BCUT2D eigenvalue weighted by molar-refractivity contribution is 7.89. The van der Waals surface area contributed by atoms with Crippen LogP contribution in [0.4, 0.5) is 0 Å². The van der Waals surface area contributed by atoms with Gasteiger partial charge in [0.15, 0.2) is 0 Å². The Morgan fingerprint density at radius 3 is 2.48 bits per heavy atom. The normalized spacial score (nSPS) is 23.2. The van der Waals surface area contributed by atoms with Gasteiger partial charge in [-0.25, -0.2) is 13.4 Å². The van der Waals surface area contributed by atoms with E-state index < -0.39 is 10.0 Å². The molecule has 1 saturated heterocycles. The molecule has 150 valence electrons. The van der Waals surface area contributed by atoms with Gasteiger partial charge in [-0.15, -0.1) is 0 Å². The minimum absolute atomic E-state index is 0.244. The van der Waals surface area contributed by atoms with Crippen LogP contribution in [-0.2, 0) is 23.0 Å². The summed E-state index contributed by atoms with van der Waals surface area (Å²) in [6.45, 7) is 6.64. The highest BCUT2D eigenvalue weighted by Crippen LogP contribution is 2.29. The molecule has 0 spiro atoms. The van der Waals surface area contributed by atoms with E-state index in [1.165, 1.54) is 19.3 Å². The zero-order chi connectivity index (χ0) is 19.0. The maximum atomic E-state index is 12.4. The Morgan fingerprint density at radius 2 is 1.85 bits per heavy atom. The number of sulfonamides is 1. The number of hydrogen-bond acceptors (Lipinski definition) is 5. The highest BCUT2D eigenvalue weighted by atomic mass is 32.2. The second kappa shape index (κ2) is 7.68. The smallest absolute Gasteiger partial charge is 0.216 e. The van der Waals surface area contributed by atoms with E-state index in [0.717, 1.165) is 43.2 Å². The maximum absolute atomic E-state index is 12.4. The van der Waals surface area contributed by atoms with Gasteiger partial charge in [-0.05, 0) is 45.1 Å². The van der Waals surface area contributed by atoms with Crippen molar-refractivity contribution in [3.8, 4) is 5.88 Å². The van der Waals surface area contributed by atoms with Crippen molar-refractivity contribution in [3.63, 3.8) is 0 Å². The van der Waals surface area contributed by atoms with E-state index in [0.29, 0.717) is 25.4 Å². The molecule has 3 heterocycles. The van der Waals surface area contributed by atoms with Gasteiger partial charge in [-0.2, -0.15) is 4.31 Å². The van der Waals surface area contributed by atoms with Crippen LogP contribution in [0.5, 0.6) is 5.88 Å². The molecule has 1 aromatic rings. The summed E-state index contributed by atoms with van der Waals surface area (Å²) in [6.07, 6.45) is 7.14. The Kier molecular flexibility index (Phi) is 5.45. The molecule has 0 amide bonds. The third-order valence-electron chi connectivity index (χ3n) is 6.30. The van der Waals surface area contributed by atoms with Gasteiger partial charge >= 0.3 is 0 Å². The SMILES string of the molecule is CC(C)S(=O)(=O)N1CCc2nc(OC3CCN(C4CCC4)CC3)ccc2C1. The van der Waals surface area contributed by atoms with Crippen molar-refractivity contribution < 1.29 is 13.2 Å². The van der Waals surface area contributed by atoms with Crippen molar-refractivity contribution in [2.24, 2.45) is 0 Å². The lowest BCUT2D eigenvalue weighted by Crippen LogP contribution is -2.46. The van der Waals surface area contributed by atoms with Crippen LogP contribution < -0.4 is 4.74 Å². The number of nitrogens with zero attached hydrogens (tertiary/aromatic N) is 3. The molecule has 1 aliphatic carbocycles. The number of aromatic nitrogens is 1. The zero-order valence-corrected chi connectivity index (χ0v) is 17.2. The summed E-state index contributed by atoms with van der Waals surface area (Å²) in [6, 6.07) is 4.71. The molecule has 1 saturated carbocycles. The molecule has 0 bridgehead atoms. The quantitative estimate of drug-likeness (QED) is 0.769. The number of piperidine rings is 1. The van der Waals surface area contributed by atoms with E-state index in [9.17, 15) is 8.42 Å². The van der Waals surface area contributed by atoms with E-state index in [2.05, 4.69) is 4.90 Å². The van der Waals surface area contributed by atoms with Crippen molar-refractivity contribution in [1.29, 1.82) is 0 Å². The molecule has 4 rings (SSSR count). The standard InChI is InChI=1S/C20H31N3O3S/c1-15(2)27(24,25)23-13-10-19-16(14-23)6-7-20(21-19)26-18-8-11-22(12-9-18)17-4-3-5-17/h6-7,15,17-18H,3-5,8-14H2,1-2H3. The third-order valence-corrected chi connectivity index (χ3v) is 8.52. The van der Waals surface area contributed by atoms with Gasteiger partial charge in [-0.3, -0.25) is 0 Å². The summed E-state index contributed by atoms with van der Waals surface area (Å²) in [4.78, 5) is 7.31.